The first kappa shape index (κ1) is 15.8. The third-order valence-corrected chi connectivity index (χ3v) is 5.29. The van der Waals surface area contributed by atoms with Crippen molar-refractivity contribution in [3.05, 3.63) is 59.0 Å². The van der Waals surface area contributed by atoms with Gasteiger partial charge in [-0.25, -0.2) is 0 Å². The molecule has 0 unspecified atom stereocenters. The van der Waals surface area contributed by atoms with E-state index in [9.17, 15) is 4.79 Å². The van der Waals surface area contributed by atoms with Gasteiger partial charge in [0.15, 0.2) is 0 Å². The summed E-state index contributed by atoms with van der Waals surface area (Å²) in [5.41, 5.74) is 4.95. The number of fused-ring (bicyclic) bond motifs is 1. The monoisotopic (exact) mass is 334 g/mol. The molecule has 1 aromatic carbocycles. The zero-order valence-corrected chi connectivity index (χ0v) is 14.9. The zero-order chi connectivity index (χ0) is 17.6. The van der Waals surface area contributed by atoms with E-state index in [1.165, 1.54) is 5.56 Å². The van der Waals surface area contributed by atoms with Crippen LogP contribution in [0.5, 0.6) is 0 Å². The van der Waals surface area contributed by atoms with Crippen LogP contribution in [0.3, 0.4) is 0 Å². The summed E-state index contributed by atoms with van der Waals surface area (Å²) in [5.74, 6) is 0.0868. The van der Waals surface area contributed by atoms with Gasteiger partial charge >= 0.3 is 0 Å². The molecule has 5 heteroatoms. The third-order valence-electron chi connectivity index (χ3n) is 5.29. The van der Waals surface area contributed by atoms with Crippen LogP contribution >= 0.6 is 0 Å². The number of nitrogens with zero attached hydrogens (tertiary/aromatic N) is 4. The summed E-state index contributed by atoms with van der Waals surface area (Å²) in [5, 5.41) is 5.46. The van der Waals surface area contributed by atoms with Gasteiger partial charge in [0.2, 0.25) is 0 Å². The number of carbonyl (C=O) groups excluding carboxylic acids is 1. The molecule has 0 N–H and O–H groups in total. The summed E-state index contributed by atoms with van der Waals surface area (Å²) in [6.07, 6.45) is 3.77. The Morgan fingerprint density at radius 3 is 2.80 bits per heavy atom. The van der Waals surface area contributed by atoms with Crippen LogP contribution in [0, 0.1) is 13.8 Å². The fraction of sp³-hybridized carbons (Fsp3) is 0.350. The molecule has 3 heterocycles. The lowest BCUT2D eigenvalue weighted by molar-refractivity contribution is 0.0737. The summed E-state index contributed by atoms with van der Waals surface area (Å²) in [6.45, 7) is 4.90. The van der Waals surface area contributed by atoms with E-state index < -0.39 is 0 Å². The van der Waals surface area contributed by atoms with Crippen molar-refractivity contribution in [2.24, 2.45) is 7.05 Å². The van der Waals surface area contributed by atoms with Crippen LogP contribution in [-0.2, 0) is 7.05 Å². The lowest BCUT2D eigenvalue weighted by atomic mass is 10.0. The molecule has 1 saturated heterocycles. The standard InChI is InChI=1S/C20H22N4O/c1-13-19(14(2)23(3)22-13)18-10-6-12-24(18)20(25)16-7-4-9-17-15(16)8-5-11-21-17/h4-5,7-9,11,18H,6,10,12H2,1-3H3/t18-/m0/s1. The first-order chi connectivity index (χ1) is 12.1. The maximum absolute atomic E-state index is 13.3. The van der Waals surface area contributed by atoms with E-state index in [4.69, 9.17) is 0 Å². The maximum atomic E-state index is 13.3. The number of rotatable bonds is 2. The first-order valence-electron chi connectivity index (χ1n) is 8.72. The van der Waals surface area contributed by atoms with Gasteiger partial charge in [-0.3, -0.25) is 14.5 Å². The highest BCUT2D eigenvalue weighted by molar-refractivity contribution is 6.06. The lowest BCUT2D eigenvalue weighted by Crippen LogP contribution is -2.31. The molecular weight excluding hydrogens is 312 g/mol. The van der Waals surface area contributed by atoms with Gasteiger partial charge < -0.3 is 4.90 Å². The van der Waals surface area contributed by atoms with Gasteiger partial charge in [-0.1, -0.05) is 12.1 Å². The van der Waals surface area contributed by atoms with Gasteiger partial charge in [0, 0.05) is 42.0 Å². The predicted molar refractivity (Wildman–Crippen MR) is 97.4 cm³/mol. The van der Waals surface area contributed by atoms with Gasteiger partial charge in [0.1, 0.15) is 0 Å². The Kier molecular flexibility index (Phi) is 3.79. The molecular formula is C20H22N4O. The Bertz CT molecular complexity index is 954. The average molecular weight is 334 g/mol. The van der Waals surface area contributed by atoms with Gasteiger partial charge in [0.05, 0.1) is 17.3 Å². The average Bonchev–Trinajstić information content (AvgIpc) is 3.18. The fourth-order valence-electron chi connectivity index (χ4n) is 4.03. The number of hydrogen-bond acceptors (Lipinski definition) is 3. The summed E-state index contributed by atoms with van der Waals surface area (Å²) in [6, 6.07) is 9.73. The van der Waals surface area contributed by atoms with Crippen LogP contribution in [0.2, 0.25) is 0 Å². The topological polar surface area (TPSA) is 51.0 Å². The second-order valence-electron chi connectivity index (χ2n) is 6.74. The van der Waals surface area contributed by atoms with Gasteiger partial charge in [-0.15, -0.1) is 0 Å². The van der Waals surface area contributed by atoms with Crippen molar-refractivity contribution in [1.82, 2.24) is 19.7 Å². The molecule has 0 spiro atoms. The minimum absolute atomic E-state index is 0.0868. The van der Waals surface area contributed by atoms with Gasteiger partial charge in [-0.2, -0.15) is 5.10 Å². The molecule has 4 rings (SSSR count). The molecule has 1 atom stereocenters. The highest BCUT2D eigenvalue weighted by atomic mass is 16.2. The molecule has 1 amide bonds. The third kappa shape index (κ3) is 2.51. The normalized spacial score (nSPS) is 17.4. The van der Waals surface area contributed by atoms with E-state index in [1.807, 2.05) is 53.9 Å². The van der Waals surface area contributed by atoms with Crippen molar-refractivity contribution >= 4 is 16.8 Å². The van der Waals surface area contributed by atoms with Crippen molar-refractivity contribution in [2.75, 3.05) is 6.54 Å². The van der Waals surface area contributed by atoms with Crippen molar-refractivity contribution in [2.45, 2.75) is 32.7 Å². The van der Waals surface area contributed by atoms with E-state index in [0.29, 0.717) is 0 Å². The van der Waals surface area contributed by atoms with Crippen LogP contribution in [0.25, 0.3) is 10.9 Å². The summed E-state index contributed by atoms with van der Waals surface area (Å²) in [4.78, 5) is 19.7. The van der Waals surface area contributed by atoms with E-state index in [-0.39, 0.29) is 11.9 Å². The number of carbonyl (C=O) groups is 1. The van der Waals surface area contributed by atoms with E-state index >= 15 is 0 Å². The van der Waals surface area contributed by atoms with Crippen molar-refractivity contribution in [3.8, 4) is 0 Å². The number of pyridine rings is 1. The summed E-state index contributed by atoms with van der Waals surface area (Å²) >= 11 is 0. The van der Waals surface area contributed by atoms with Crippen molar-refractivity contribution < 1.29 is 4.79 Å². The van der Waals surface area contributed by atoms with Crippen LogP contribution in [0.4, 0.5) is 0 Å². The molecule has 1 aliphatic rings. The Hall–Kier alpha value is -2.69. The fourth-order valence-corrected chi connectivity index (χ4v) is 4.03. The molecule has 3 aromatic rings. The molecule has 2 aromatic heterocycles. The number of aromatic nitrogens is 3. The molecule has 0 aliphatic carbocycles. The maximum Gasteiger partial charge on any atom is 0.255 e. The first-order valence-corrected chi connectivity index (χ1v) is 8.72. The zero-order valence-electron chi connectivity index (χ0n) is 14.9. The van der Waals surface area contributed by atoms with E-state index in [0.717, 1.165) is 47.2 Å². The molecule has 0 radical (unpaired) electrons. The number of benzene rings is 1. The van der Waals surface area contributed by atoms with Gasteiger partial charge in [0.25, 0.3) is 5.91 Å². The predicted octanol–water partition coefficient (Wildman–Crippen LogP) is 3.56. The minimum Gasteiger partial charge on any atom is -0.331 e. The molecule has 0 bridgehead atoms. The van der Waals surface area contributed by atoms with Crippen molar-refractivity contribution in [3.63, 3.8) is 0 Å². The van der Waals surface area contributed by atoms with Crippen LogP contribution in [0.1, 0.15) is 46.2 Å². The van der Waals surface area contributed by atoms with E-state index in [1.54, 1.807) is 6.20 Å². The molecule has 1 aliphatic heterocycles. The number of amides is 1. The van der Waals surface area contributed by atoms with Crippen LogP contribution < -0.4 is 0 Å². The SMILES string of the molecule is Cc1nn(C)c(C)c1[C@@H]1CCCN1C(=O)c1cccc2ncccc12. The van der Waals surface area contributed by atoms with Gasteiger partial charge in [-0.05, 0) is 44.9 Å². The Balaban J connectivity index is 1.76. The Morgan fingerprint density at radius 2 is 2.04 bits per heavy atom. The lowest BCUT2D eigenvalue weighted by Gasteiger charge is -2.26. The molecule has 128 valence electrons. The smallest absolute Gasteiger partial charge is 0.255 e. The van der Waals surface area contributed by atoms with Crippen LogP contribution in [-0.4, -0.2) is 32.1 Å². The summed E-state index contributed by atoms with van der Waals surface area (Å²) in [7, 11) is 1.96. The second kappa shape index (κ2) is 5.99. The van der Waals surface area contributed by atoms with Crippen LogP contribution in [0.15, 0.2) is 36.5 Å². The molecule has 0 saturated carbocycles. The minimum atomic E-state index is 0.0868. The molecule has 1 fully saturated rings. The largest absolute Gasteiger partial charge is 0.331 e. The molecule has 25 heavy (non-hydrogen) atoms. The number of aryl methyl sites for hydroxylation is 2. The van der Waals surface area contributed by atoms with E-state index in [2.05, 4.69) is 17.0 Å². The summed E-state index contributed by atoms with van der Waals surface area (Å²) < 4.78 is 1.91. The quantitative estimate of drug-likeness (QED) is 0.720. The number of hydrogen-bond donors (Lipinski definition) is 0. The highest BCUT2D eigenvalue weighted by Crippen LogP contribution is 2.37. The Morgan fingerprint density at radius 1 is 1.20 bits per heavy atom. The Labute approximate surface area is 147 Å². The second-order valence-corrected chi connectivity index (χ2v) is 6.74. The number of likely N-dealkylation sites (tertiary alicyclic amines) is 1. The molecule has 5 nitrogen and oxygen atoms in total. The van der Waals surface area contributed by atoms with Crippen molar-refractivity contribution in [1.29, 1.82) is 0 Å². The highest BCUT2D eigenvalue weighted by Gasteiger charge is 2.34.